The first-order valence-electron chi connectivity index (χ1n) is 7.30. The minimum atomic E-state index is 0.0794. The SMILES string of the molecule is O=C1c2ccccc2-c2cccc3c2[N+]1=C1C=CC=CC1S3. The molecule has 0 spiro atoms. The second-order valence-electron chi connectivity index (χ2n) is 5.55. The van der Waals surface area contributed by atoms with Crippen LogP contribution < -0.4 is 0 Å². The summed E-state index contributed by atoms with van der Waals surface area (Å²) in [6.45, 7) is 0. The number of allylic oxidation sites excluding steroid dienone is 3. The van der Waals surface area contributed by atoms with E-state index < -0.39 is 0 Å². The highest BCUT2D eigenvalue weighted by atomic mass is 32.2. The molecule has 3 heteroatoms. The number of hydrogen-bond donors (Lipinski definition) is 0. The van der Waals surface area contributed by atoms with Crippen molar-refractivity contribution in [3.8, 4) is 11.1 Å². The molecule has 0 N–H and O–H groups in total. The number of nitrogens with zero attached hydrogens (tertiary/aromatic N) is 1. The van der Waals surface area contributed by atoms with Gasteiger partial charge in [-0.2, -0.15) is 0 Å². The number of carbonyl (C=O) groups excluding carboxylic acids is 1. The quantitative estimate of drug-likeness (QED) is 0.680. The Bertz CT molecular complexity index is 936. The van der Waals surface area contributed by atoms with E-state index in [2.05, 4.69) is 36.4 Å². The maximum Gasteiger partial charge on any atom is 0.426 e. The first-order valence-corrected chi connectivity index (χ1v) is 8.18. The van der Waals surface area contributed by atoms with E-state index in [-0.39, 0.29) is 11.2 Å². The molecule has 2 aromatic carbocycles. The van der Waals surface area contributed by atoms with Gasteiger partial charge in [0.15, 0.2) is 0 Å². The predicted octanol–water partition coefficient (Wildman–Crippen LogP) is 4.19. The van der Waals surface area contributed by atoms with Crippen molar-refractivity contribution in [1.82, 2.24) is 0 Å². The zero-order valence-corrected chi connectivity index (χ0v) is 12.5. The molecule has 5 rings (SSSR count). The van der Waals surface area contributed by atoms with Crippen molar-refractivity contribution in [3.05, 3.63) is 72.3 Å². The van der Waals surface area contributed by atoms with Gasteiger partial charge >= 0.3 is 5.91 Å². The van der Waals surface area contributed by atoms with Gasteiger partial charge in [0.25, 0.3) is 0 Å². The molecule has 2 heterocycles. The van der Waals surface area contributed by atoms with Gasteiger partial charge in [-0.3, -0.25) is 0 Å². The molecule has 0 fully saturated rings. The van der Waals surface area contributed by atoms with Crippen molar-refractivity contribution in [3.63, 3.8) is 0 Å². The van der Waals surface area contributed by atoms with Gasteiger partial charge in [-0.15, -0.1) is 16.3 Å². The number of para-hydroxylation sites is 1. The Labute approximate surface area is 132 Å². The Morgan fingerprint density at radius 1 is 0.909 bits per heavy atom. The summed E-state index contributed by atoms with van der Waals surface area (Å²) in [6, 6.07) is 14.2. The smallest absolute Gasteiger partial charge is 0.214 e. The molecule has 1 aliphatic carbocycles. The minimum Gasteiger partial charge on any atom is -0.214 e. The molecule has 0 saturated heterocycles. The zero-order valence-electron chi connectivity index (χ0n) is 11.7. The monoisotopic (exact) mass is 302 g/mol. The van der Waals surface area contributed by atoms with E-state index in [1.807, 2.05) is 46.7 Å². The minimum absolute atomic E-state index is 0.0794. The van der Waals surface area contributed by atoms with Gasteiger partial charge in [-0.25, -0.2) is 4.79 Å². The molecule has 22 heavy (non-hydrogen) atoms. The van der Waals surface area contributed by atoms with Crippen molar-refractivity contribution >= 4 is 29.1 Å². The molecule has 104 valence electrons. The van der Waals surface area contributed by atoms with Crippen LogP contribution in [-0.2, 0) is 0 Å². The van der Waals surface area contributed by atoms with Crippen LogP contribution in [0.2, 0.25) is 0 Å². The van der Waals surface area contributed by atoms with Gasteiger partial charge in [-0.05, 0) is 18.2 Å². The van der Waals surface area contributed by atoms with E-state index in [9.17, 15) is 4.79 Å². The molecule has 2 aliphatic heterocycles. The van der Waals surface area contributed by atoms with Crippen molar-refractivity contribution in [2.24, 2.45) is 0 Å². The molecular formula is C19H12NOS+. The normalized spacial score (nSPS) is 20.5. The number of thioether (sulfide) groups is 1. The Hall–Kier alpha value is -2.39. The number of amides is 1. The summed E-state index contributed by atoms with van der Waals surface area (Å²) in [5.41, 5.74) is 5.08. The summed E-state index contributed by atoms with van der Waals surface area (Å²) in [6.07, 6.45) is 8.28. The van der Waals surface area contributed by atoms with Gasteiger partial charge in [0.2, 0.25) is 11.4 Å². The van der Waals surface area contributed by atoms with E-state index >= 15 is 0 Å². The Morgan fingerprint density at radius 3 is 2.64 bits per heavy atom. The van der Waals surface area contributed by atoms with Gasteiger partial charge in [0, 0.05) is 11.6 Å². The van der Waals surface area contributed by atoms with E-state index in [1.165, 1.54) is 4.90 Å². The lowest BCUT2D eigenvalue weighted by atomic mass is 9.92. The van der Waals surface area contributed by atoms with E-state index in [0.717, 1.165) is 28.1 Å². The number of benzene rings is 2. The summed E-state index contributed by atoms with van der Waals surface area (Å²) in [4.78, 5) is 14.3. The van der Waals surface area contributed by atoms with Gasteiger partial charge < -0.3 is 0 Å². The molecule has 0 saturated carbocycles. The number of hydrogen-bond acceptors (Lipinski definition) is 2. The van der Waals surface area contributed by atoms with Crippen molar-refractivity contribution in [2.75, 3.05) is 0 Å². The second kappa shape index (κ2) is 4.31. The number of carbonyl (C=O) groups is 1. The topological polar surface area (TPSA) is 20.1 Å². The third kappa shape index (κ3) is 1.46. The summed E-state index contributed by atoms with van der Waals surface area (Å²) in [7, 11) is 0. The Morgan fingerprint density at radius 2 is 1.73 bits per heavy atom. The third-order valence-electron chi connectivity index (χ3n) is 4.34. The fraction of sp³-hybridized carbons (Fsp3) is 0.0526. The summed E-state index contributed by atoms with van der Waals surface area (Å²) >= 11 is 1.82. The van der Waals surface area contributed by atoms with Crippen LogP contribution in [0.15, 0.2) is 71.7 Å². The molecular weight excluding hydrogens is 290 g/mol. The summed E-state index contributed by atoms with van der Waals surface area (Å²) in [5, 5.41) is 0.210. The van der Waals surface area contributed by atoms with E-state index in [0.29, 0.717) is 0 Å². The van der Waals surface area contributed by atoms with Crippen LogP contribution in [0.25, 0.3) is 11.1 Å². The van der Waals surface area contributed by atoms with Crippen LogP contribution in [0.4, 0.5) is 5.69 Å². The number of fused-ring (bicyclic) bond motifs is 3. The maximum absolute atomic E-state index is 13.1. The van der Waals surface area contributed by atoms with Crippen LogP contribution >= 0.6 is 11.8 Å². The van der Waals surface area contributed by atoms with Gasteiger partial charge in [0.1, 0.15) is 5.25 Å². The predicted molar refractivity (Wildman–Crippen MR) is 89.1 cm³/mol. The molecule has 1 unspecified atom stereocenters. The first-order chi connectivity index (χ1) is 10.8. The molecule has 0 bridgehead atoms. The van der Waals surface area contributed by atoms with Crippen LogP contribution in [0.3, 0.4) is 0 Å². The van der Waals surface area contributed by atoms with E-state index in [4.69, 9.17) is 0 Å². The highest BCUT2D eigenvalue weighted by Crippen LogP contribution is 2.48. The van der Waals surface area contributed by atoms with E-state index in [1.54, 1.807) is 0 Å². The fourth-order valence-electron chi connectivity index (χ4n) is 3.39. The summed E-state index contributed by atoms with van der Waals surface area (Å²) in [5.74, 6) is 0.0794. The molecule has 2 aromatic rings. The van der Waals surface area contributed by atoms with Crippen molar-refractivity contribution < 1.29 is 9.37 Å². The van der Waals surface area contributed by atoms with Crippen LogP contribution in [-0.4, -0.2) is 21.4 Å². The molecule has 1 amide bonds. The lowest BCUT2D eigenvalue weighted by molar-refractivity contribution is -0.339. The van der Waals surface area contributed by atoms with Crippen LogP contribution in [0.5, 0.6) is 0 Å². The largest absolute Gasteiger partial charge is 0.426 e. The van der Waals surface area contributed by atoms with Crippen molar-refractivity contribution in [2.45, 2.75) is 10.1 Å². The lowest BCUT2D eigenvalue weighted by Gasteiger charge is -2.26. The average Bonchev–Trinajstić information content (AvgIpc) is 2.58. The van der Waals surface area contributed by atoms with Crippen LogP contribution in [0, 0.1) is 0 Å². The molecule has 3 aliphatic rings. The molecule has 2 nitrogen and oxygen atoms in total. The van der Waals surface area contributed by atoms with Crippen molar-refractivity contribution in [1.29, 1.82) is 0 Å². The Kier molecular flexibility index (Phi) is 2.38. The van der Waals surface area contributed by atoms with Gasteiger partial charge in [-0.1, -0.05) is 42.5 Å². The standard InChI is InChI=1S/C19H12NOS/c21-19-14-7-2-1-6-12(14)13-8-5-11-17-18(13)20(19)15-9-3-4-10-16(15)22-17/h1-11,16H/q+1. The highest BCUT2D eigenvalue weighted by molar-refractivity contribution is 8.01. The molecule has 1 atom stereocenters. The maximum atomic E-state index is 13.1. The number of rotatable bonds is 0. The van der Waals surface area contributed by atoms with Crippen LogP contribution in [0.1, 0.15) is 10.4 Å². The lowest BCUT2D eigenvalue weighted by Crippen LogP contribution is -2.35. The Balaban J connectivity index is 1.93. The highest BCUT2D eigenvalue weighted by Gasteiger charge is 2.44. The zero-order chi connectivity index (χ0) is 14.7. The summed E-state index contributed by atoms with van der Waals surface area (Å²) < 4.78 is 1.91. The second-order valence-corrected chi connectivity index (χ2v) is 6.73. The average molecular weight is 302 g/mol. The molecule has 0 radical (unpaired) electrons. The fourth-order valence-corrected chi connectivity index (χ4v) is 4.61. The first kappa shape index (κ1) is 12.2. The van der Waals surface area contributed by atoms with Gasteiger partial charge in [0.05, 0.1) is 16.0 Å². The molecule has 0 aromatic heterocycles. The third-order valence-corrected chi connectivity index (χ3v) is 5.58.